The van der Waals surface area contributed by atoms with Crippen LogP contribution in [0.2, 0.25) is 0 Å². The third kappa shape index (κ3) is 3.79. The summed E-state index contributed by atoms with van der Waals surface area (Å²) < 4.78 is 47.2. The van der Waals surface area contributed by atoms with Crippen molar-refractivity contribution >= 4 is 21.8 Å². The van der Waals surface area contributed by atoms with Crippen molar-refractivity contribution in [2.75, 3.05) is 17.2 Å². The van der Waals surface area contributed by atoms with Gasteiger partial charge >= 0.3 is 10.2 Å². The smallest absolute Gasteiger partial charge is 0.302 e. The monoisotopic (exact) mass is 351 g/mol. The van der Waals surface area contributed by atoms with E-state index in [1.807, 2.05) is 0 Å². The van der Waals surface area contributed by atoms with Crippen LogP contribution in [-0.2, 0) is 15.0 Å². The van der Waals surface area contributed by atoms with Gasteiger partial charge in [0.05, 0.1) is 5.75 Å². The average Bonchev–Trinajstić information content (AvgIpc) is 2.86. The molecule has 1 atom stereocenters. The minimum absolute atomic E-state index is 0.0167. The molecule has 2 aromatic carbocycles. The van der Waals surface area contributed by atoms with E-state index >= 15 is 0 Å². The Balaban J connectivity index is 1.76. The number of carbonyl (C=O) groups excluding carboxylic acids is 1. The van der Waals surface area contributed by atoms with Gasteiger partial charge in [0.25, 0.3) is 0 Å². The number of carbonyl (C=O) groups is 1. The Morgan fingerprint density at radius 3 is 2.08 bits per heavy atom. The maximum atomic E-state index is 13.0. The van der Waals surface area contributed by atoms with Gasteiger partial charge in [0.2, 0.25) is 5.91 Å². The van der Waals surface area contributed by atoms with E-state index in [2.05, 4.69) is 0 Å². The molecule has 24 heavy (non-hydrogen) atoms. The molecular formula is C17H15F2NO3S. The molecule has 1 fully saturated rings. The number of amides is 1. The zero-order chi connectivity index (χ0) is 17.3. The molecule has 0 aliphatic carbocycles. The maximum absolute atomic E-state index is 13.0. The lowest BCUT2D eigenvalue weighted by molar-refractivity contribution is -0.117. The molecule has 2 aromatic rings. The minimum Gasteiger partial charge on any atom is -0.312 e. The first kappa shape index (κ1) is 16.6. The van der Waals surface area contributed by atoms with Crippen LogP contribution in [0.5, 0.6) is 0 Å². The third-order valence-electron chi connectivity index (χ3n) is 4.00. The van der Waals surface area contributed by atoms with Crippen LogP contribution in [0.4, 0.5) is 14.0 Å². The Morgan fingerprint density at radius 1 is 1.00 bits per heavy atom. The Morgan fingerprint density at radius 2 is 1.54 bits per heavy atom. The number of rotatable bonds is 4. The Labute approximate surface area is 138 Å². The van der Waals surface area contributed by atoms with Crippen LogP contribution in [0.15, 0.2) is 48.5 Å². The molecule has 1 unspecified atom stereocenters. The predicted molar refractivity (Wildman–Crippen MR) is 87.2 cm³/mol. The number of hydrogen-bond donors (Lipinski definition) is 0. The van der Waals surface area contributed by atoms with Crippen molar-refractivity contribution in [1.29, 1.82) is 0 Å². The second-order valence-electron chi connectivity index (χ2n) is 5.83. The van der Waals surface area contributed by atoms with E-state index in [-0.39, 0.29) is 24.7 Å². The quantitative estimate of drug-likeness (QED) is 0.795. The highest BCUT2D eigenvalue weighted by Crippen LogP contribution is 2.28. The zero-order valence-corrected chi connectivity index (χ0v) is 13.5. The largest absolute Gasteiger partial charge is 0.312 e. The summed E-state index contributed by atoms with van der Waals surface area (Å²) in [5.74, 6) is -1.71. The fraction of sp³-hybridized carbons (Fsp3) is 0.235. The fourth-order valence-corrected chi connectivity index (χ4v) is 3.69. The highest BCUT2D eigenvalue weighted by Gasteiger charge is 2.33. The summed E-state index contributed by atoms with van der Waals surface area (Å²) in [4.78, 5) is 13.5. The summed E-state index contributed by atoms with van der Waals surface area (Å²) in [5, 5.41) is 0. The van der Waals surface area contributed by atoms with Crippen LogP contribution in [-0.4, -0.2) is 26.6 Å². The molecule has 0 spiro atoms. The summed E-state index contributed by atoms with van der Waals surface area (Å²) in [7, 11) is -4.59. The lowest BCUT2D eigenvalue weighted by atomic mass is 10.1. The van der Waals surface area contributed by atoms with Crippen LogP contribution in [0, 0.1) is 11.7 Å². The first-order valence-electron chi connectivity index (χ1n) is 7.40. The number of nitrogens with zero attached hydrogens (tertiary/aromatic N) is 1. The molecule has 0 N–H and O–H groups in total. The normalized spacial score (nSPS) is 18.2. The first-order chi connectivity index (χ1) is 11.3. The van der Waals surface area contributed by atoms with Gasteiger partial charge in [-0.15, -0.1) is 3.89 Å². The SMILES string of the molecule is O=C1CC(CS(=O)(=O)F)CN1c1ccc(-c2ccc(F)cc2)cc1. The molecule has 1 heterocycles. The number of hydrogen-bond acceptors (Lipinski definition) is 3. The Hall–Kier alpha value is -2.28. The van der Waals surface area contributed by atoms with E-state index in [0.717, 1.165) is 11.1 Å². The van der Waals surface area contributed by atoms with E-state index in [9.17, 15) is 21.5 Å². The van der Waals surface area contributed by atoms with Crippen molar-refractivity contribution in [2.24, 2.45) is 5.92 Å². The second-order valence-corrected chi connectivity index (χ2v) is 7.24. The summed E-state index contributed by atoms with van der Waals surface area (Å²) in [6, 6.07) is 13.1. The van der Waals surface area contributed by atoms with Gasteiger partial charge in [-0.3, -0.25) is 4.79 Å². The van der Waals surface area contributed by atoms with Crippen LogP contribution in [0.3, 0.4) is 0 Å². The molecule has 4 nitrogen and oxygen atoms in total. The molecule has 1 aliphatic rings. The van der Waals surface area contributed by atoms with Gasteiger partial charge < -0.3 is 4.90 Å². The minimum atomic E-state index is -4.59. The molecule has 3 rings (SSSR count). The predicted octanol–water partition coefficient (Wildman–Crippen LogP) is 3.14. The molecule has 0 saturated carbocycles. The van der Waals surface area contributed by atoms with Crippen LogP contribution in [0.25, 0.3) is 11.1 Å². The maximum Gasteiger partial charge on any atom is 0.302 e. The van der Waals surface area contributed by atoms with Gasteiger partial charge in [-0.2, -0.15) is 8.42 Å². The van der Waals surface area contributed by atoms with E-state index < -0.39 is 21.9 Å². The molecule has 0 radical (unpaired) electrons. The summed E-state index contributed by atoms with van der Waals surface area (Å²) >= 11 is 0. The van der Waals surface area contributed by atoms with Crippen LogP contribution in [0.1, 0.15) is 6.42 Å². The Kier molecular flexibility index (Phi) is 4.36. The van der Waals surface area contributed by atoms with Crippen molar-refractivity contribution in [3.05, 3.63) is 54.3 Å². The van der Waals surface area contributed by atoms with Crippen molar-refractivity contribution < 1.29 is 21.5 Å². The van der Waals surface area contributed by atoms with E-state index in [1.54, 1.807) is 36.4 Å². The lowest BCUT2D eigenvalue weighted by Crippen LogP contribution is -2.25. The zero-order valence-electron chi connectivity index (χ0n) is 12.7. The number of benzene rings is 2. The van der Waals surface area contributed by atoms with Crippen molar-refractivity contribution in [3.8, 4) is 11.1 Å². The standard InChI is InChI=1S/C17H15F2NO3S/c18-15-5-1-13(2-6-15)14-3-7-16(8-4-14)20-10-12(9-17(20)21)11-24(19,22)23/h1-8,12H,9-11H2. The van der Waals surface area contributed by atoms with Gasteiger partial charge in [0, 0.05) is 24.6 Å². The lowest BCUT2D eigenvalue weighted by Gasteiger charge is -2.17. The van der Waals surface area contributed by atoms with Gasteiger partial charge in [-0.05, 0) is 35.4 Å². The number of anilines is 1. The van der Waals surface area contributed by atoms with Gasteiger partial charge in [-0.1, -0.05) is 24.3 Å². The van der Waals surface area contributed by atoms with Gasteiger partial charge in [-0.25, -0.2) is 4.39 Å². The molecular weight excluding hydrogens is 336 g/mol. The van der Waals surface area contributed by atoms with Crippen molar-refractivity contribution in [2.45, 2.75) is 6.42 Å². The van der Waals surface area contributed by atoms with Gasteiger partial charge in [0.15, 0.2) is 0 Å². The van der Waals surface area contributed by atoms with Gasteiger partial charge in [0.1, 0.15) is 5.82 Å². The summed E-state index contributed by atoms with van der Waals surface area (Å²) in [6.07, 6.45) is 0.0167. The summed E-state index contributed by atoms with van der Waals surface area (Å²) in [6.45, 7) is 0.178. The summed E-state index contributed by atoms with van der Waals surface area (Å²) in [5.41, 5.74) is 2.34. The molecule has 1 aliphatic heterocycles. The van der Waals surface area contributed by atoms with E-state index in [0.29, 0.717) is 5.69 Å². The first-order valence-corrected chi connectivity index (χ1v) is 8.96. The average molecular weight is 351 g/mol. The molecule has 7 heteroatoms. The van der Waals surface area contributed by atoms with Crippen molar-refractivity contribution in [1.82, 2.24) is 0 Å². The number of halogens is 2. The molecule has 126 valence electrons. The van der Waals surface area contributed by atoms with Crippen molar-refractivity contribution in [3.63, 3.8) is 0 Å². The third-order valence-corrected chi connectivity index (χ3v) is 4.87. The van der Waals surface area contributed by atoms with Crippen LogP contribution < -0.4 is 4.90 Å². The highest BCUT2D eigenvalue weighted by atomic mass is 32.3. The highest BCUT2D eigenvalue weighted by molar-refractivity contribution is 7.86. The second kappa shape index (κ2) is 6.32. The molecule has 1 saturated heterocycles. The molecule has 1 amide bonds. The molecule has 0 bridgehead atoms. The van der Waals surface area contributed by atoms with E-state index in [1.165, 1.54) is 17.0 Å². The molecule has 0 aromatic heterocycles. The van der Waals surface area contributed by atoms with Crippen LogP contribution >= 0.6 is 0 Å². The van der Waals surface area contributed by atoms with E-state index in [4.69, 9.17) is 0 Å². The topological polar surface area (TPSA) is 54.5 Å². The Bertz CT molecular complexity index is 848. The fourth-order valence-electron chi connectivity index (χ4n) is 2.90.